The standard InChI is InChI=1S/C28H24FN3O2S/c1-34-24-13-6-17(21-4-2-3-5-22(21)24)15-32-16-30-27-26(28(32)33)23-12-11-20(14-25(23)35-27)31-19-9-7-18(29)8-10-19/h2-10,13,16,20,31H,11-12,14-15H2,1H3. The molecule has 0 bridgehead atoms. The van der Waals surface area contributed by atoms with Gasteiger partial charge >= 0.3 is 0 Å². The van der Waals surface area contributed by atoms with Crippen LogP contribution in [-0.4, -0.2) is 22.7 Å². The fourth-order valence-electron chi connectivity index (χ4n) is 5.05. The van der Waals surface area contributed by atoms with Crippen molar-refractivity contribution in [1.29, 1.82) is 0 Å². The summed E-state index contributed by atoms with van der Waals surface area (Å²) in [5, 5.41) is 6.36. The highest BCUT2D eigenvalue weighted by Gasteiger charge is 2.25. The van der Waals surface area contributed by atoms with Crippen molar-refractivity contribution in [2.75, 3.05) is 12.4 Å². The summed E-state index contributed by atoms with van der Waals surface area (Å²) in [6.45, 7) is 0.450. The molecule has 1 aliphatic carbocycles. The van der Waals surface area contributed by atoms with Gasteiger partial charge < -0.3 is 10.1 Å². The fourth-order valence-corrected chi connectivity index (χ4v) is 6.31. The van der Waals surface area contributed by atoms with Crippen LogP contribution in [0.2, 0.25) is 0 Å². The molecule has 1 atom stereocenters. The molecule has 35 heavy (non-hydrogen) atoms. The van der Waals surface area contributed by atoms with Crippen molar-refractivity contribution in [1.82, 2.24) is 9.55 Å². The lowest BCUT2D eigenvalue weighted by molar-refractivity contribution is 0.419. The molecule has 0 saturated heterocycles. The van der Waals surface area contributed by atoms with E-state index >= 15 is 0 Å². The molecule has 2 heterocycles. The Bertz CT molecular complexity index is 1610. The number of hydrogen-bond donors (Lipinski definition) is 1. The van der Waals surface area contributed by atoms with Gasteiger partial charge in [-0.1, -0.05) is 30.3 Å². The summed E-state index contributed by atoms with van der Waals surface area (Å²) < 4.78 is 20.5. The number of thiophene rings is 1. The molecule has 5 aromatic rings. The summed E-state index contributed by atoms with van der Waals surface area (Å²) in [6, 6.07) is 18.8. The van der Waals surface area contributed by atoms with Crippen LogP contribution in [0, 0.1) is 5.82 Å². The van der Waals surface area contributed by atoms with Crippen molar-refractivity contribution < 1.29 is 9.13 Å². The van der Waals surface area contributed by atoms with Crippen LogP contribution in [0.4, 0.5) is 10.1 Å². The van der Waals surface area contributed by atoms with Gasteiger partial charge in [0.2, 0.25) is 0 Å². The zero-order valence-electron chi connectivity index (χ0n) is 19.3. The average Bonchev–Trinajstić information content (AvgIpc) is 3.26. The molecule has 1 unspecified atom stereocenters. The van der Waals surface area contributed by atoms with Crippen molar-refractivity contribution in [3.8, 4) is 5.75 Å². The van der Waals surface area contributed by atoms with Gasteiger partial charge in [0, 0.05) is 28.4 Å². The molecule has 0 fully saturated rings. The molecule has 5 nitrogen and oxygen atoms in total. The highest BCUT2D eigenvalue weighted by molar-refractivity contribution is 7.18. The fraction of sp³-hybridized carbons (Fsp3) is 0.214. The van der Waals surface area contributed by atoms with E-state index in [2.05, 4.69) is 16.4 Å². The van der Waals surface area contributed by atoms with E-state index < -0.39 is 0 Å². The Labute approximate surface area is 205 Å². The largest absolute Gasteiger partial charge is 0.496 e. The second kappa shape index (κ2) is 8.82. The Morgan fingerprint density at radius 1 is 1.11 bits per heavy atom. The van der Waals surface area contributed by atoms with Crippen LogP contribution >= 0.6 is 11.3 Å². The summed E-state index contributed by atoms with van der Waals surface area (Å²) in [5.41, 5.74) is 3.11. The number of benzene rings is 3. The number of nitrogens with one attached hydrogen (secondary N) is 1. The molecule has 0 saturated carbocycles. The summed E-state index contributed by atoms with van der Waals surface area (Å²) in [7, 11) is 1.67. The van der Waals surface area contributed by atoms with Gasteiger partial charge in [-0.15, -0.1) is 11.3 Å². The number of aryl methyl sites for hydroxylation is 1. The number of ether oxygens (including phenoxy) is 1. The zero-order valence-corrected chi connectivity index (χ0v) is 20.1. The Morgan fingerprint density at radius 2 is 1.91 bits per heavy atom. The van der Waals surface area contributed by atoms with Crippen molar-refractivity contribution in [2.24, 2.45) is 0 Å². The lowest BCUT2D eigenvalue weighted by Crippen LogP contribution is -2.27. The SMILES string of the molecule is COc1ccc(Cn2cnc3sc4c(c3c2=O)CCC(Nc2ccc(F)cc2)C4)c2ccccc12. The average molecular weight is 486 g/mol. The van der Waals surface area contributed by atoms with Crippen LogP contribution in [-0.2, 0) is 19.4 Å². The first-order valence-electron chi connectivity index (χ1n) is 11.7. The Hall–Kier alpha value is -3.71. The second-order valence-corrected chi connectivity index (χ2v) is 10.0. The van der Waals surface area contributed by atoms with E-state index in [9.17, 15) is 9.18 Å². The highest BCUT2D eigenvalue weighted by Crippen LogP contribution is 2.35. The number of rotatable bonds is 5. The van der Waals surface area contributed by atoms with Crippen LogP contribution in [0.25, 0.3) is 21.0 Å². The summed E-state index contributed by atoms with van der Waals surface area (Å²) in [6.07, 6.45) is 4.23. The third-order valence-corrected chi connectivity index (χ3v) is 7.95. The number of aromatic nitrogens is 2. The van der Waals surface area contributed by atoms with Gasteiger partial charge in [-0.3, -0.25) is 9.36 Å². The van der Waals surface area contributed by atoms with E-state index in [4.69, 9.17) is 4.74 Å². The third kappa shape index (κ3) is 3.96. The molecule has 1 N–H and O–H groups in total. The maximum absolute atomic E-state index is 13.6. The van der Waals surface area contributed by atoms with Gasteiger partial charge in [-0.05, 0) is 59.7 Å². The van der Waals surface area contributed by atoms with E-state index in [0.29, 0.717) is 6.54 Å². The van der Waals surface area contributed by atoms with Crippen LogP contribution in [0.3, 0.4) is 0 Å². The summed E-state index contributed by atoms with van der Waals surface area (Å²) in [4.78, 5) is 20.3. The molecule has 0 radical (unpaired) electrons. The Morgan fingerprint density at radius 3 is 2.71 bits per heavy atom. The van der Waals surface area contributed by atoms with Gasteiger partial charge in [0.15, 0.2) is 0 Å². The van der Waals surface area contributed by atoms with E-state index in [1.54, 1.807) is 41.5 Å². The molecule has 0 spiro atoms. The van der Waals surface area contributed by atoms with Crippen molar-refractivity contribution >= 4 is 38.0 Å². The molecule has 2 aromatic heterocycles. The summed E-state index contributed by atoms with van der Waals surface area (Å²) in [5.74, 6) is 0.581. The van der Waals surface area contributed by atoms with Gasteiger partial charge in [-0.25, -0.2) is 9.37 Å². The number of fused-ring (bicyclic) bond motifs is 4. The molecular weight excluding hydrogens is 461 g/mol. The van der Waals surface area contributed by atoms with E-state index in [0.717, 1.165) is 62.8 Å². The van der Waals surface area contributed by atoms with Crippen LogP contribution < -0.4 is 15.6 Å². The number of nitrogens with zero attached hydrogens (tertiary/aromatic N) is 2. The summed E-state index contributed by atoms with van der Waals surface area (Å²) >= 11 is 1.61. The van der Waals surface area contributed by atoms with E-state index in [1.807, 2.05) is 30.3 Å². The third-order valence-electron chi connectivity index (χ3n) is 6.79. The first-order chi connectivity index (χ1) is 17.1. The number of hydrogen-bond acceptors (Lipinski definition) is 5. The van der Waals surface area contributed by atoms with Crippen molar-refractivity contribution in [3.63, 3.8) is 0 Å². The lowest BCUT2D eigenvalue weighted by Gasteiger charge is -2.24. The molecule has 1 aliphatic rings. The molecular formula is C28H24FN3O2S. The van der Waals surface area contributed by atoms with Gasteiger partial charge in [0.25, 0.3) is 5.56 Å². The number of methoxy groups -OCH3 is 1. The first kappa shape index (κ1) is 21.8. The molecule has 3 aromatic carbocycles. The highest BCUT2D eigenvalue weighted by atomic mass is 32.1. The maximum atomic E-state index is 13.6. The van der Waals surface area contributed by atoms with Gasteiger partial charge in [0.05, 0.1) is 25.4 Å². The maximum Gasteiger partial charge on any atom is 0.262 e. The van der Waals surface area contributed by atoms with Crippen molar-refractivity contribution in [3.05, 3.63) is 99.2 Å². The Balaban J connectivity index is 1.32. The van der Waals surface area contributed by atoms with E-state index in [-0.39, 0.29) is 17.4 Å². The predicted molar refractivity (Wildman–Crippen MR) is 139 cm³/mol. The zero-order chi connectivity index (χ0) is 23.9. The minimum Gasteiger partial charge on any atom is -0.496 e. The van der Waals surface area contributed by atoms with E-state index in [1.165, 1.54) is 17.0 Å². The monoisotopic (exact) mass is 485 g/mol. The van der Waals surface area contributed by atoms with Crippen LogP contribution in [0.5, 0.6) is 5.75 Å². The molecule has 0 amide bonds. The van der Waals surface area contributed by atoms with Gasteiger partial charge in [0.1, 0.15) is 16.4 Å². The first-order valence-corrected chi connectivity index (χ1v) is 12.5. The molecule has 7 heteroatoms. The topological polar surface area (TPSA) is 56.2 Å². The van der Waals surface area contributed by atoms with Crippen LogP contribution in [0.1, 0.15) is 22.4 Å². The molecule has 6 rings (SSSR count). The smallest absolute Gasteiger partial charge is 0.262 e. The number of halogens is 1. The lowest BCUT2D eigenvalue weighted by atomic mass is 9.93. The minimum atomic E-state index is -0.240. The second-order valence-electron chi connectivity index (χ2n) is 8.93. The molecule has 0 aliphatic heterocycles. The van der Waals surface area contributed by atoms with Gasteiger partial charge in [-0.2, -0.15) is 0 Å². The van der Waals surface area contributed by atoms with Crippen molar-refractivity contribution in [2.45, 2.75) is 31.8 Å². The number of anilines is 1. The van der Waals surface area contributed by atoms with Crippen LogP contribution in [0.15, 0.2) is 71.8 Å². The predicted octanol–water partition coefficient (Wildman–Crippen LogP) is 5.78. The normalized spacial score (nSPS) is 15.3. The molecule has 176 valence electrons. The minimum absolute atomic E-state index is 0.0114. The Kier molecular flexibility index (Phi) is 5.49. The quantitative estimate of drug-likeness (QED) is 0.343.